The van der Waals surface area contributed by atoms with Gasteiger partial charge in [-0.1, -0.05) is 24.3 Å². The summed E-state index contributed by atoms with van der Waals surface area (Å²) >= 11 is 0. The molecule has 0 aliphatic heterocycles. The molecule has 2 unspecified atom stereocenters. The quantitative estimate of drug-likeness (QED) is 0.409. The van der Waals surface area contributed by atoms with Crippen LogP contribution < -0.4 is 0 Å². The molecule has 0 radical (unpaired) electrons. The Kier molecular flexibility index (Phi) is 1.98. The lowest BCUT2D eigenvalue weighted by molar-refractivity contribution is -0.0444. The molecule has 0 spiro atoms. The van der Waals surface area contributed by atoms with E-state index in [1.54, 1.807) is 32.1 Å². The average Bonchev–Trinajstić information content (AvgIpc) is 3.52. The summed E-state index contributed by atoms with van der Waals surface area (Å²) in [6, 6.07) is 0. The van der Waals surface area contributed by atoms with Crippen LogP contribution in [0.1, 0.15) is 32.1 Å². The molecule has 10 aliphatic carbocycles. The van der Waals surface area contributed by atoms with E-state index in [0.29, 0.717) is 0 Å². The standard InChI is InChI=1S/C27H32/c1-2-11-5-10(1)20-14-7-15(21(11)20)25-19-9-18(24(14)25)26-16-8-17(27(19)26)23-13-4-3-12(6-13)22(16)23/h1-4,10-27H,5-9H2/t10-,11+,12+,13-,14+,15-,16-,17+,18?,19?,20-,21+,22+,23-,24-,25+,26+,27-. The normalized spacial score (nSPS) is 78.8. The lowest BCUT2D eigenvalue weighted by Gasteiger charge is -2.52. The van der Waals surface area contributed by atoms with Crippen molar-refractivity contribution in [2.45, 2.75) is 32.1 Å². The molecule has 8 saturated carbocycles. The van der Waals surface area contributed by atoms with E-state index in [1.165, 1.54) is 59.2 Å². The highest BCUT2D eigenvalue weighted by molar-refractivity contribution is 5.30. The molecule has 0 amide bonds. The SMILES string of the molecule is C1=C[C@H]2C[C@@H]1[C@@H]1[C@@H]3C[C@@H]([C@H]4C5CC([C@@H]6[C@@H]7C[C@H]([C@H]56)[C@@H]5[C@H]7[C@H]6C=C[C@@H]5C6)[C@@H]34)[C@@H]12. The van der Waals surface area contributed by atoms with Gasteiger partial charge >= 0.3 is 0 Å². The van der Waals surface area contributed by atoms with E-state index < -0.39 is 0 Å². The van der Waals surface area contributed by atoms with Crippen molar-refractivity contribution in [2.24, 2.45) is 107 Å². The lowest BCUT2D eigenvalue weighted by atomic mass is 9.52. The second kappa shape index (κ2) is 3.91. The van der Waals surface area contributed by atoms with Crippen LogP contribution >= 0.6 is 0 Å². The maximum absolute atomic E-state index is 2.67. The molecule has 0 aromatic heterocycles. The van der Waals surface area contributed by atoms with Crippen LogP contribution in [0.25, 0.3) is 0 Å². The minimum atomic E-state index is 1.02. The highest BCUT2D eigenvalue weighted by Crippen LogP contribution is 2.83. The van der Waals surface area contributed by atoms with Crippen molar-refractivity contribution in [2.75, 3.05) is 0 Å². The summed E-state index contributed by atoms with van der Waals surface area (Å²) < 4.78 is 0. The Balaban J connectivity index is 1.09. The summed E-state index contributed by atoms with van der Waals surface area (Å²) in [4.78, 5) is 0. The first-order valence-corrected chi connectivity index (χ1v) is 12.7. The summed E-state index contributed by atoms with van der Waals surface area (Å²) in [7, 11) is 0. The predicted molar refractivity (Wildman–Crippen MR) is 104 cm³/mol. The molecule has 0 saturated heterocycles. The Morgan fingerprint density at radius 1 is 0.296 bits per heavy atom. The van der Waals surface area contributed by atoms with E-state index in [-0.39, 0.29) is 0 Å². The molecule has 10 aliphatic rings. The van der Waals surface area contributed by atoms with E-state index in [1.807, 2.05) is 0 Å². The van der Waals surface area contributed by atoms with Gasteiger partial charge in [-0.2, -0.15) is 0 Å². The van der Waals surface area contributed by atoms with Crippen molar-refractivity contribution in [3.8, 4) is 0 Å². The van der Waals surface area contributed by atoms with Crippen LogP contribution in [-0.4, -0.2) is 0 Å². The lowest BCUT2D eigenvalue weighted by Crippen LogP contribution is -2.49. The highest BCUT2D eigenvalue weighted by atomic mass is 14.8. The van der Waals surface area contributed by atoms with Crippen molar-refractivity contribution >= 4 is 0 Å². The fourth-order valence-corrected chi connectivity index (χ4v) is 14.1. The van der Waals surface area contributed by atoms with Crippen molar-refractivity contribution < 1.29 is 0 Å². The molecule has 27 heavy (non-hydrogen) atoms. The fourth-order valence-electron chi connectivity index (χ4n) is 14.1. The number of hydrogen-bond acceptors (Lipinski definition) is 0. The Hall–Kier alpha value is -0.520. The van der Waals surface area contributed by atoms with Gasteiger partial charge in [0.2, 0.25) is 0 Å². The van der Waals surface area contributed by atoms with Crippen LogP contribution in [0.4, 0.5) is 0 Å². The third-order valence-corrected chi connectivity index (χ3v) is 13.6. The smallest absolute Gasteiger partial charge is 0.0194 e. The van der Waals surface area contributed by atoms with Crippen LogP contribution in [0.3, 0.4) is 0 Å². The van der Waals surface area contributed by atoms with Crippen LogP contribution in [0.2, 0.25) is 0 Å². The zero-order chi connectivity index (χ0) is 16.8. The summed E-state index contributed by atoms with van der Waals surface area (Å²) in [5, 5.41) is 0. The van der Waals surface area contributed by atoms with E-state index >= 15 is 0 Å². The first-order chi connectivity index (χ1) is 13.4. The first-order valence-electron chi connectivity index (χ1n) is 12.7. The molecule has 0 aromatic carbocycles. The molecule has 10 rings (SSSR count). The second-order valence-corrected chi connectivity index (χ2v) is 13.2. The van der Waals surface area contributed by atoms with Crippen molar-refractivity contribution in [1.29, 1.82) is 0 Å². The minimum Gasteiger partial charge on any atom is -0.0848 e. The first kappa shape index (κ1) is 13.7. The number of allylic oxidation sites excluding steroid dienone is 4. The van der Waals surface area contributed by atoms with Crippen molar-refractivity contribution in [1.82, 2.24) is 0 Å². The van der Waals surface area contributed by atoms with Gasteiger partial charge in [0.15, 0.2) is 0 Å². The molecular formula is C27H32. The van der Waals surface area contributed by atoms with Crippen LogP contribution in [0.5, 0.6) is 0 Å². The summed E-state index contributed by atoms with van der Waals surface area (Å²) in [6.45, 7) is 0. The van der Waals surface area contributed by atoms with Crippen molar-refractivity contribution in [3.63, 3.8) is 0 Å². The summed E-state index contributed by atoms with van der Waals surface area (Å²) in [5.41, 5.74) is 0. The molecule has 18 atom stereocenters. The van der Waals surface area contributed by atoms with Gasteiger partial charge in [0.1, 0.15) is 0 Å². The van der Waals surface area contributed by atoms with E-state index in [9.17, 15) is 0 Å². The molecule has 0 aromatic rings. The van der Waals surface area contributed by atoms with Crippen molar-refractivity contribution in [3.05, 3.63) is 24.3 Å². The average molecular weight is 357 g/mol. The Labute approximate surface area is 163 Å². The predicted octanol–water partition coefficient (Wildman–Crippen LogP) is 5.28. The number of rotatable bonds is 0. The summed E-state index contributed by atoms with van der Waals surface area (Å²) in [5.74, 6) is 20.6. The van der Waals surface area contributed by atoms with Gasteiger partial charge in [-0.3, -0.25) is 0 Å². The van der Waals surface area contributed by atoms with E-state index in [4.69, 9.17) is 0 Å². The van der Waals surface area contributed by atoms with Gasteiger partial charge in [0.25, 0.3) is 0 Å². The molecule has 10 bridgehead atoms. The van der Waals surface area contributed by atoms with Crippen LogP contribution in [0, 0.1) is 107 Å². The topological polar surface area (TPSA) is 0 Å². The Morgan fingerprint density at radius 2 is 0.556 bits per heavy atom. The van der Waals surface area contributed by atoms with Gasteiger partial charge in [-0.15, -0.1) is 0 Å². The third-order valence-electron chi connectivity index (χ3n) is 13.6. The number of fused-ring (bicyclic) bond motifs is 30. The largest absolute Gasteiger partial charge is 0.0848 e. The van der Waals surface area contributed by atoms with Crippen LogP contribution in [-0.2, 0) is 0 Å². The van der Waals surface area contributed by atoms with Gasteiger partial charge in [-0.25, -0.2) is 0 Å². The maximum Gasteiger partial charge on any atom is -0.0194 e. The van der Waals surface area contributed by atoms with Gasteiger partial charge < -0.3 is 0 Å². The second-order valence-electron chi connectivity index (χ2n) is 13.2. The fraction of sp³-hybridized carbons (Fsp3) is 0.852. The molecule has 0 heteroatoms. The molecular weight excluding hydrogens is 324 g/mol. The van der Waals surface area contributed by atoms with Crippen LogP contribution in [0.15, 0.2) is 24.3 Å². The van der Waals surface area contributed by atoms with Gasteiger partial charge in [0, 0.05) is 0 Å². The van der Waals surface area contributed by atoms with Gasteiger partial charge in [-0.05, 0) is 139 Å². The molecule has 0 heterocycles. The zero-order valence-electron chi connectivity index (χ0n) is 16.2. The monoisotopic (exact) mass is 356 g/mol. The van der Waals surface area contributed by atoms with Gasteiger partial charge in [0.05, 0.1) is 0 Å². The maximum atomic E-state index is 2.67. The third kappa shape index (κ3) is 1.17. The zero-order valence-corrected chi connectivity index (χ0v) is 16.2. The highest BCUT2D eigenvalue weighted by Gasteiger charge is 2.78. The molecule has 0 nitrogen and oxygen atoms in total. The Morgan fingerprint density at radius 3 is 0.852 bits per heavy atom. The Bertz CT molecular complexity index is 707. The molecule has 8 fully saturated rings. The molecule has 140 valence electrons. The van der Waals surface area contributed by atoms with E-state index in [0.717, 1.165) is 47.3 Å². The molecule has 0 N–H and O–H groups in total. The number of hydrogen-bond donors (Lipinski definition) is 0. The summed E-state index contributed by atoms with van der Waals surface area (Å²) in [6.07, 6.45) is 18.9. The minimum absolute atomic E-state index is 1.02. The van der Waals surface area contributed by atoms with E-state index in [2.05, 4.69) is 24.3 Å².